The normalized spacial score (nSPS) is 11.5. The van der Waals surface area contributed by atoms with Crippen molar-refractivity contribution in [2.75, 3.05) is 5.32 Å². The number of benzene rings is 2. The molecule has 0 spiro atoms. The van der Waals surface area contributed by atoms with Crippen molar-refractivity contribution in [1.29, 1.82) is 0 Å². The van der Waals surface area contributed by atoms with E-state index < -0.39 is 11.9 Å². The van der Waals surface area contributed by atoms with Crippen LogP contribution in [0.4, 0.5) is 5.69 Å². The molecular weight excluding hydrogens is 354 g/mol. The van der Waals surface area contributed by atoms with Crippen LogP contribution in [0.15, 0.2) is 46.9 Å². The molecule has 0 atom stereocenters. The third kappa shape index (κ3) is 3.30. The number of carbonyl (C=O) groups excluding carboxylic acids is 1. The second kappa shape index (κ2) is 6.50. The molecule has 134 valence electrons. The van der Waals surface area contributed by atoms with E-state index in [-0.39, 0.29) is 27.5 Å². The summed E-state index contributed by atoms with van der Waals surface area (Å²) in [6.07, 6.45) is 0. The molecule has 3 rings (SSSR count). The van der Waals surface area contributed by atoms with Gasteiger partial charge in [-0.2, -0.15) is 0 Å². The SMILES string of the molecule is CC(C)(C)c1ccc(C(=O)Nc2c(C(=O)O)oc3c(Cl)cccc23)cc1. The van der Waals surface area contributed by atoms with Crippen molar-refractivity contribution in [2.24, 2.45) is 0 Å². The highest BCUT2D eigenvalue weighted by Crippen LogP contribution is 2.35. The first-order valence-electron chi connectivity index (χ1n) is 8.04. The summed E-state index contributed by atoms with van der Waals surface area (Å²) in [5, 5.41) is 12.7. The quantitative estimate of drug-likeness (QED) is 0.651. The molecule has 5 nitrogen and oxygen atoms in total. The van der Waals surface area contributed by atoms with Crippen molar-refractivity contribution in [1.82, 2.24) is 0 Å². The number of halogens is 1. The van der Waals surface area contributed by atoms with Crippen molar-refractivity contribution in [3.8, 4) is 0 Å². The molecule has 0 saturated heterocycles. The molecule has 1 amide bonds. The fourth-order valence-electron chi connectivity index (χ4n) is 2.67. The molecule has 26 heavy (non-hydrogen) atoms. The van der Waals surface area contributed by atoms with Crippen molar-refractivity contribution in [3.05, 3.63) is 64.4 Å². The van der Waals surface area contributed by atoms with Gasteiger partial charge in [0, 0.05) is 10.9 Å². The highest BCUT2D eigenvalue weighted by Gasteiger charge is 2.23. The maximum absolute atomic E-state index is 12.6. The van der Waals surface area contributed by atoms with Crippen LogP contribution in [0.3, 0.4) is 0 Å². The lowest BCUT2D eigenvalue weighted by atomic mass is 9.87. The Morgan fingerprint density at radius 2 is 1.73 bits per heavy atom. The lowest BCUT2D eigenvalue weighted by Gasteiger charge is -2.19. The van der Waals surface area contributed by atoms with Crippen LogP contribution >= 0.6 is 11.6 Å². The Labute approximate surface area is 155 Å². The Morgan fingerprint density at radius 1 is 1.08 bits per heavy atom. The van der Waals surface area contributed by atoms with E-state index in [9.17, 15) is 14.7 Å². The standard InChI is InChI=1S/C20H18ClNO4/c1-20(2,3)12-9-7-11(8-10-12)18(23)22-15-13-5-4-6-14(21)16(13)26-17(15)19(24)25/h4-10H,1-3H3,(H,22,23)(H,24,25). The Bertz CT molecular complexity index is 997. The number of carboxylic acids is 1. The largest absolute Gasteiger partial charge is 0.475 e. The predicted molar refractivity (Wildman–Crippen MR) is 101 cm³/mol. The van der Waals surface area contributed by atoms with Crippen LogP contribution in [-0.4, -0.2) is 17.0 Å². The minimum Gasteiger partial charge on any atom is -0.475 e. The van der Waals surface area contributed by atoms with Gasteiger partial charge in [0.15, 0.2) is 5.58 Å². The topological polar surface area (TPSA) is 79.5 Å². The smallest absolute Gasteiger partial charge is 0.374 e. The molecular formula is C20H18ClNO4. The number of furan rings is 1. The molecule has 6 heteroatoms. The van der Waals surface area contributed by atoms with Gasteiger partial charge in [-0.1, -0.05) is 50.6 Å². The molecule has 0 aliphatic carbocycles. The van der Waals surface area contributed by atoms with Crippen molar-refractivity contribution in [3.63, 3.8) is 0 Å². The number of para-hydroxylation sites is 1. The first-order chi connectivity index (χ1) is 12.2. The minimum atomic E-state index is -1.28. The summed E-state index contributed by atoms with van der Waals surface area (Å²) in [5.41, 5.74) is 1.82. The lowest BCUT2D eigenvalue weighted by molar-refractivity contribution is 0.0666. The van der Waals surface area contributed by atoms with Crippen LogP contribution in [0, 0.1) is 0 Å². The van der Waals surface area contributed by atoms with E-state index in [1.807, 2.05) is 12.1 Å². The van der Waals surface area contributed by atoms with Crippen LogP contribution in [0.2, 0.25) is 5.02 Å². The molecule has 3 aromatic rings. The highest BCUT2D eigenvalue weighted by atomic mass is 35.5. The van der Waals surface area contributed by atoms with Crippen LogP contribution in [0.5, 0.6) is 0 Å². The summed E-state index contributed by atoms with van der Waals surface area (Å²) in [6.45, 7) is 6.26. The fraction of sp³-hybridized carbons (Fsp3) is 0.200. The summed E-state index contributed by atoms with van der Waals surface area (Å²) in [7, 11) is 0. The molecule has 2 aromatic carbocycles. The second-order valence-corrected chi connectivity index (χ2v) is 7.42. The number of hydrogen-bond acceptors (Lipinski definition) is 3. The molecule has 1 heterocycles. The summed E-state index contributed by atoms with van der Waals surface area (Å²) in [4.78, 5) is 24.1. The summed E-state index contributed by atoms with van der Waals surface area (Å²) in [6, 6.07) is 12.1. The van der Waals surface area contributed by atoms with Crippen LogP contribution < -0.4 is 5.32 Å². The number of aromatic carboxylic acids is 1. The van der Waals surface area contributed by atoms with E-state index in [4.69, 9.17) is 16.0 Å². The maximum Gasteiger partial charge on any atom is 0.374 e. The summed E-state index contributed by atoms with van der Waals surface area (Å²) >= 11 is 6.06. The van der Waals surface area contributed by atoms with Gasteiger partial charge in [0.2, 0.25) is 5.76 Å². The molecule has 0 aliphatic rings. The first-order valence-corrected chi connectivity index (χ1v) is 8.42. The van der Waals surface area contributed by atoms with E-state index in [0.717, 1.165) is 5.56 Å². The van der Waals surface area contributed by atoms with Gasteiger partial charge in [-0.25, -0.2) is 4.79 Å². The summed E-state index contributed by atoms with van der Waals surface area (Å²) in [5.74, 6) is -2.06. The Balaban J connectivity index is 1.98. The predicted octanol–water partition coefficient (Wildman–Crippen LogP) is 5.33. The van der Waals surface area contributed by atoms with Crippen molar-refractivity contribution < 1.29 is 19.1 Å². The zero-order valence-electron chi connectivity index (χ0n) is 14.6. The van der Waals surface area contributed by atoms with E-state index in [1.165, 1.54) is 0 Å². The average Bonchev–Trinajstić information content (AvgIpc) is 2.94. The third-order valence-electron chi connectivity index (χ3n) is 4.11. The number of carboxylic acid groups (broad SMARTS) is 1. The van der Waals surface area contributed by atoms with E-state index in [0.29, 0.717) is 10.9 Å². The monoisotopic (exact) mass is 371 g/mol. The zero-order chi connectivity index (χ0) is 19.1. The molecule has 0 radical (unpaired) electrons. The molecule has 0 aliphatic heterocycles. The molecule has 0 fully saturated rings. The molecule has 0 saturated carbocycles. The number of carbonyl (C=O) groups is 2. The first kappa shape index (κ1) is 18.0. The highest BCUT2D eigenvalue weighted by molar-refractivity contribution is 6.35. The fourth-order valence-corrected chi connectivity index (χ4v) is 2.88. The minimum absolute atomic E-state index is 0.0248. The average molecular weight is 372 g/mol. The number of amides is 1. The third-order valence-corrected chi connectivity index (χ3v) is 4.41. The van der Waals surface area contributed by atoms with Gasteiger partial charge in [-0.15, -0.1) is 0 Å². The van der Waals surface area contributed by atoms with E-state index in [2.05, 4.69) is 26.1 Å². The molecule has 0 unspecified atom stereocenters. The molecule has 2 N–H and O–H groups in total. The molecule has 0 bridgehead atoms. The van der Waals surface area contributed by atoms with Gasteiger partial charge in [0.05, 0.1) is 5.02 Å². The van der Waals surface area contributed by atoms with Crippen LogP contribution in [0.1, 0.15) is 47.2 Å². The summed E-state index contributed by atoms with van der Waals surface area (Å²) < 4.78 is 5.35. The lowest BCUT2D eigenvalue weighted by Crippen LogP contribution is -2.15. The Morgan fingerprint density at radius 3 is 2.31 bits per heavy atom. The van der Waals surface area contributed by atoms with Crippen LogP contribution in [0.25, 0.3) is 11.0 Å². The van der Waals surface area contributed by atoms with Crippen molar-refractivity contribution in [2.45, 2.75) is 26.2 Å². The van der Waals surface area contributed by atoms with Gasteiger partial charge < -0.3 is 14.8 Å². The number of fused-ring (bicyclic) bond motifs is 1. The maximum atomic E-state index is 12.6. The number of hydrogen-bond donors (Lipinski definition) is 2. The van der Waals surface area contributed by atoms with Gasteiger partial charge in [0.1, 0.15) is 5.69 Å². The number of rotatable bonds is 3. The van der Waals surface area contributed by atoms with Gasteiger partial charge in [0.25, 0.3) is 5.91 Å². The van der Waals surface area contributed by atoms with Gasteiger partial charge >= 0.3 is 5.97 Å². The van der Waals surface area contributed by atoms with Gasteiger partial charge in [-0.3, -0.25) is 4.79 Å². The number of anilines is 1. The Kier molecular flexibility index (Phi) is 4.50. The number of nitrogens with one attached hydrogen (secondary N) is 1. The van der Waals surface area contributed by atoms with Crippen LogP contribution in [-0.2, 0) is 5.41 Å². The van der Waals surface area contributed by atoms with E-state index in [1.54, 1.807) is 30.3 Å². The molecule has 1 aromatic heterocycles. The van der Waals surface area contributed by atoms with Crippen molar-refractivity contribution >= 4 is 40.1 Å². The Hall–Kier alpha value is -2.79. The zero-order valence-corrected chi connectivity index (χ0v) is 15.3. The van der Waals surface area contributed by atoms with Gasteiger partial charge in [-0.05, 0) is 35.2 Å². The van der Waals surface area contributed by atoms with E-state index >= 15 is 0 Å². The second-order valence-electron chi connectivity index (χ2n) is 7.01.